The summed E-state index contributed by atoms with van der Waals surface area (Å²) in [6, 6.07) is 17.8. The summed E-state index contributed by atoms with van der Waals surface area (Å²) in [6.07, 6.45) is -4.31. The van der Waals surface area contributed by atoms with Gasteiger partial charge in [0.1, 0.15) is 0 Å². The van der Waals surface area contributed by atoms with Crippen LogP contribution in [0.15, 0.2) is 66.7 Å². The number of methoxy groups -OCH3 is 2. The lowest BCUT2D eigenvalue weighted by atomic mass is 9.84. The smallest absolute Gasteiger partial charge is 0.416 e. The number of benzene rings is 3. The van der Waals surface area contributed by atoms with Crippen LogP contribution in [-0.4, -0.2) is 33.4 Å². The van der Waals surface area contributed by atoms with Gasteiger partial charge in [0.25, 0.3) is 0 Å². The first kappa shape index (κ1) is 26.5. The second-order valence-corrected chi connectivity index (χ2v) is 9.10. The molecule has 1 fully saturated rings. The molecule has 0 unspecified atom stereocenters. The van der Waals surface area contributed by atoms with Crippen LogP contribution in [0.2, 0.25) is 0 Å². The molecule has 4 rings (SSSR count). The van der Waals surface area contributed by atoms with Crippen molar-refractivity contribution < 1.29 is 36.9 Å². The molecule has 1 heterocycles. The Hall–Kier alpha value is -3.52. The standard InChI is InChI=1S/C29H29F3O5/c1-18-6-4-5-7-23(18)28(33)37-17-24-21(14-19-8-11-22(12-9-19)29(30,31)32)16-36-27(24)20-10-13-25(34-2)26(15-20)35-3/h4-13,15,21,24,27H,14,16-17H2,1-3H3/t21-,24-,27+/m0/s1. The lowest BCUT2D eigenvalue weighted by Crippen LogP contribution is -2.24. The van der Waals surface area contributed by atoms with Crippen LogP contribution in [0.1, 0.15) is 38.7 Å². The summed E-state index contributed by atoms with van der Waals surface area (Å²) in [4.78, 5) is 12.8. The highest BCUT2D eigenvalue weighted by Gasteiger charge is 2.40. The third-order valence-electron chi connectivity index (χ3n) is 6.77. The quantitative estimate of drug-likeness (QED) is 0.324. The van der Waals surface area contributed by atoms with Gasteiger partial charge in [0, 0.05) is 5.92 Å². The number of carbonyl (C=O) groups is 1. The lowest BCUT2D eigenvalue weighted by molar-refractivity contribution is -0.137. The van der Waals surface area contributed by atoms with E-state index in [4.69, 9.17) is 18.9 Å². The van der Waals surface area contributed by atoms with Crippen molar-refractivity contribution in [1.29, 1.82) is 0 Å². The second kappa shape index (κ2) is 11.3. The number of hydrogen-bond acceptors (Lipinski definition) is 5. The molecule has 196 valence electrons. The van der Waals surface area contributed by atoms with E-state index in [0.29, 0.717) is 30.1 Å². The largest absolute Gasteiger partial charge is 0.493 e. The van der Waals surface area contributed by atoms with Crippen molar-refractivity contribution in [3.8, 4) is 11.5 Å². The summed E-state index contributed by atoms with van der Waals surface area (Å²) in [7, 11) is 3.10. The Balaban J connectivity index is 1.57. The molecule has 0 amide bonds. The van der Waals surface area contributed by atoms with E-state index in [1.807, 2.05) is 31.2 Å². The van der Waals surface area contributed by atoms with Crippen LogP contribution in [0.4, 0.5) is 13.2 Å². The fourth-order valence-electron chi connectivity index (χ4n) is 4.71. The van der Waals surface area contributed by atoms with Gasteiger partial charge in [-0.25, -0.2) is 4.79 Å². The number of ether oxygens (including phenoxy) is 4. The highest BCUT2D eigenvalue weighted by Crippen LogP contribution is 2.43. The minimum absolute atomic E-state index is 0.0838. The second-order valence-electron chi connectivity index (χ2n) is 9.10. The third kappa shape index (κ3) is 6.07. The number of hydrogen-bond donors (Lipinski definition) is 0. The normalized spacial score (nSPS) is 19.5. The van der Waals surface area contributed by atoms with Gasteiger partial charge in [-0.05, 0) is 66.3 Å². The molecule has 0 N–H and O–H groups in total. The average Bonchev–Trinajstić information content (AvgIpc) is 3.29. The van der Waals surface area contributed by atoms with Crippen molar-refractivity contribution in [2.24, 2.45) is 11.8 Å². The van der Waals surface area contributed by atoms with Crippen LogP contribution in [0, 0.1) is 18.8 Å². The van der Waals surface area contributed by atoms with Gasteiger partial charge in [0.2, 0.25) is 0 Å². The zero-order chi connectivity index (χ0) is 26.6. The van der Waals surface area contributed by atoms with Gasteiger partial charge in [0.15, 0.2) is 11.5 Å². The molecule has 1 aliphatic heterocycles. The molecule has 37 heavy (non-hydrogen) atoms. The van der Waals surface area contributed by atoms with Crippen LogP contribution in [-0.2, 0) is 22.1 Å². The lowest BCUT2D eigenvalue weighted by Gasteiger charge is -2.24. The number of carbonyl (C=O) groups excluding carboxylic acids is 1. The van der Waals surface area contributed by atoms with Crippen LogP contribution in [0.25, 0.3) is 0 Å². The molecular formula is C29H29F3O5. The fourth-order valence-corrected chi connectivity index (χ4v) is 4.71. The van der Waals surface area contributed by atoms with E-state index >= 15 is 0 Å². The van der Waals surface area contributed by atoms with Gasteiger partial charge in [-0.2, -0.15) is 13.2 Å². The molecular weight excluding hydrogens is 485 g/mol. The van der Waals surface area contributed by atoms with Crippen LogP contribution < -0.4 is 9.47 Å². The van der Waals surface area contributed by atoms with Crippen molar-refractivity contribution >= 4 is 5.97 Å². The topological polar surface area (TPSA) is 54.0 Å². The molecule has 0 bridgehead atoms. The molecule has 3 aromatic rings. The minimum atomic E-state index is -4.39. The summed E-state index contributed by atoms with van der Waals surface area (Å²) >= 11 is 0. The fraction of sp³-hybridized carbons (Fsp3) is 0.345. The van der Waals surface area contributed by atoms with Gasteiger partial charge in [-0.3, -0.25) is 0 Å². The monoisotopic (exact) mass is 514 g/mol. The van der Waals surface area contributed by atoms with E-state index in [0.717, 1.165) is 28.8 Å². The van der Waals surface area contributed by atoms with E-state index < -0.39 is 23.8 Å². The van der Waals surface area contributed by atoms with E-state index in [1.165, 1.54) is 12.1 Å². The molecule has 3 aromatic carbocycles. The molecule has 0 radical (unpaired) electrons. The molecule has 0 aliphatic carbocycles. The zero-order valence-electron chi connectivity index (χ0n) is 20.9. The minimum Gasteiger partial charge on any atom is -0.493 e. The van der Waals surface area contributed by atoms with Gasteiger partial charge in [-0.1, -0.05) is 36.4 Å². The first-order chi connectivity index (χ1) is 17.7. The van der Waals surface area contributed by atoms with Gasteiger partial charge >= 0.3 is 12.1 Å². The number of aryl methyl sites for hydroxylation is 1. The maximum absolute atomic E-state index is 13.0. The van der Waals surface area contributed by atoms with Gasteiger partial charge in [0.05, 0.1) is 44.7 Å². The zero-order valence-corrected chi connectivity index (χ0v) is 20.9. The van der Waals surface area contributed by atoms with Gasteiger partial charge in [-0.15, -0.1) is 0 Å². The van der Waals surface area contributed by atoms with Crippen molar-refractivity contribution in [2.75, 3.05) is 27.4 Å². The molecule has 8 heteroatoms. The predicted octanol–water partition coefficient (Wildman–Crippen LogP) is 6.43. The number of alkyl halides is 3. The Morgan fingerprint density at radius 2 is 1.68 bits per heavy atom. The van der Waals surface area contributed by atoms with Gasteiger partial charge < -0.3 is 18.9 Å². The van der Waals surface area contributed by atoms with E-state index in [9.17, 15) is 18.0 Å². The average molecular weight is 515 g/mol. The van der Waals surface area contributed by atoms with Crippen LogP contribution in [0.3, 0.4) is 0 Å². The first-order valence-electron chi connectivity index (χ1n) is 11.9. The van der Waals surface area contributed by atoms with Crippen LogP contribution >= 0.6 is 0 Å². The van der Waals surface area contributed by atoms with Crippen molar-refractivity contribution in [3.63, 3.8) is 0 Å². The Labute approximate surface area is 214 Å². The molecule has 0 saturated carbocycles. The summed E-state index contributed by atoms with van der Waals surface area (Å²) in [5.41, 5.74) is 2.21. The van der Waals surface area contributed by atoms with Crippen molar-refractivity contribution in [2.45, 2.75) is 25.6 Å². The van der Waals surface area contributed by atoms with E-state index in [1.54, 1.807) is 32.4 Å². The number of halogens is 3. The van der Waals surface area contributed by atoms with Crippen LogP contribution in [0.5, 0.6) is 11.5 Å². The van der Waals surface area contributed by atoms with Crippen molar-refractivity contribution in [3.05, 3.63) is 94.5 Å². The Bertz CT molecular complexity index is 1220. The summed E-state index contributed by atoms with van der Waals surface area (Å²) < 4.78 is 61.7. The Kier molecular flexibility index (Phi) is 8.07. The highest BCUT2D eigenvalue weighted by molar-refractivity contribution is 5.90. The molecule has 0 spiro atoms. The molecule has 0 aromatic heterocycles. The summed E-state index contributed by atoms with van der Waals surface area (Å²) in [5, 5.41) is 0. The number of rotatable bonds is 8. The molecule has 3 atom stereocenters. The predicted molar refractivity (Wildman–Crippen MR) is 132 cm³/mol. The molecule has 1 aliphatic rings. The molecule has 5 nitrogen and oxygen atoms in total. The highest BCUT2D eigenvalue weighted by atomic mass is 19.4. The maximum Gasteiger partial charge on any atom is 0.416 e. The summed E-state index contributed by atoms with van der Waals surface area (Å²) in [5.74, 6) is 0.385. The Morgan fingerprint density at radius 3 is 2.32 bits per heavy atom. The molecule has 1 saturated heterocycles. The Morgan fingerprint density at radius 1 is 0.973 bits per heavy atom. The number of esters is 1. The van der Waals surface area contributed by atoms with E-state index in [-0.39, 0.29) is 18.4 Å². The summed E-state index contributed by atoms with van der Waals surface area (Å²) in [6.45, 7) is 2.30. The first-order valence-corrected chi connectivity index (χ1v) is 11.9. The third-order valence-corrected chi connectivity index (χ3v) is 6.77. The SMILES string of the molecule is COc1ccc([C@H]2OC[C@H](Cc3ccc(C(F)(F)F)cc3)[C@@H]2COC(=O)c2ccccc2C)cc1OC. The van der Waals surface area contributed by atoms with E-state index in [2.05, 4.69) is 0 Å². The van der Waals surface area contributed by atoms with Crippen molar-refractivity contribution in [1.82, 2.24) is 0 Å². The maximum atomic E-state index is 13.0.